The van der Waals surface area contributed by atoms with Gasteiger partial charge in [-0.05, 0) is 61.5 Å². The number of allylic oxidation sites excluding steroid dienone is 1. The number of nitrogens with one attached hydrogen (secondary N) is 1. The lowest BCUT2D eigenvalue weighted by Crippen LogP contribution is -2.46. The molecule has 164 valence electrons. The molecule has 0 aliphatic carbocycles. The fraction of sp³-hybridized carbons (Fsp3) is 0.115. The van der Waals surface area contributed by atoms with Crippen LogP contribution in [0.15, 0.2) is 89.1 Å². The third-order valence-electron chi connectivity index (χ3n) is 5.62. The van der Waals surface area contributed by atoms with Gasteiger partial charge < -0.3 is 9.84 Å². The summed E-state index contributed by atoms with van der Waals surface area (Å²) in [5.41, 5.74) is 5.78. The zero-order chi connectivity index (χ0) is 22.9. The third-order valence-corrected chi connectivity index (χ3v) is 6.15. The van der Waals surface area contributed by atoms with Gasteiger partial charge in [-0.1, -0.05) is 71.4 Å². The largest absolute Gasteiger partial charge is 0.351 e. The number of aryl methyl sites for hydroxylation is 1. The van der Waals surface area contributed by atoms with Crippen LogP contribution in [0.4, 0.5) is 5.69 Å². The topological polar surface area (TPSA) is 54.2 Å². The summed E-state index contributed by atoms with van der Waals surface area (Å²) < 4.78 is 5.79. The second-order valence-electron chi connectivity index (χ2n) is 7.90. The van der Waals surface area contributed by atoms with Gasteiger partial charge in [0.05, 0.1) is 11.6 Å². The van der Waals surface area contributed by atoms with Crippen LogP contribution >= 0.6 is 23.8 Å². The molecule has 7 heteroatoms. The fourth-order valence-corrected chi connectivity index (χ4v) is 4.62. The number of nitrogens with zero attached hydrogens (tertiary/aromatic N) is 3. The van der Waals surface area contributed by atoms with Gasteiger partial charge in [0.2, 0.25) is 5.82 Å². The van der Waals surface area contributed by atoms with E-state index in [-0.39, 0.29) is 6.04 Å². The molecule has 0 radical (unpaired) electrons. The Morgan fingerprint density at radius 1 is 0.970 bits per heavy atom. The van der Waals surface area contributed by atoms with Crippen LogP contribution in [0.2, 0.25) is 5.02 Å². The van der Waals surface area contributed by atoms with E-state index < -0.39 is 0 Å². The smallest absolute Gasteiger partial charge is 0.258 e. The van der Waals surface area contributed by atoms with Crippen molar-refractivity contribution < 1.29 is 4.52 Å². The summed E-state index contributed by atoms with van der Waals surface area (Å²) in [5.74, 6) is 0.916. The quantitative estimate of drug-likeness (QED) is 0.339. The Kier molecular flexibility index (Phi) is 5.70. The summed E-state index contributed by atoms with van der Waals surface area (Å²) in [4.78, 5) is 6.75. The summed E-state index contributed by atoms with van der Waals surface area (Å²) in [6.07, 6.45) is 0. The standard InChI is InChI=1S/C26H21ClN4OS/c1-16-8-6-13-21(14-16)31-17(2)22(23(28-26(31)33)18-9-4-3-5-10-18)25-29-24(30-32-25)19-11-7-12-20(27)15-19/h3-15,23H,1-2H3,(H,28,33). The predicted octanol–water partition coefficient (Wildman–Crippen LogP) is 6.57. The van der Waals surface area contributed by atoms with Crippen molar-refractivity contribution in [2.75, 3.05) is 4.90 Å². The van der Waals surface area contributed by atoms with Gasteiger partial charge in [-0.2, -0.15) is 4.98 Å². The van der Waals surface area contributed by atoms with Crippen molar-refractivity contribution in [3.05, 3.63) is 107 Å². The highest BCUT2D eigenvalue weighted by Gasteiger charge is 2.34. The van der Waals surface area contributed by atoms with E-state index in [9.17, 15) is 0 Å². The van der Waals surface area contributed by atoms with E-state index in [1.54, 1.807) is 0 Å². The molecule has 0 saturated heterocycles. The van der Waals surface area contributed by atoms with Crippen LogP contribution in [0.3, 0.4) is 0 Å². The van der Waals surface area contributed by atoms with Crippen LogP contribution < -0.4 is 10.2 Å². The summed E-state index contributed by atoms with van der Waals surface area (Å²) in [7, 11) is 0. The molecular formula is C26H21ClN4OS. The number of hydrogen-bond acceptors (Lipinski definition) is 4. The molecule has 0 saturated carbocycles. The average Bonchev–Trinajstić information content (AvgIpc) is 3.29. The monoisotopic (exact) mass is 472 g/mol. The number of aromatic nitrogens is 2. The average molecular weight is 473 g/mol. The van der Waals surface area contributed by atoms with Crippen LogP contribution in [0, 0.1) is 6.92 Å². The molecule has 1 N–H and O–H groups in total. The minimum absolute atomic E-state index is 0.229. The lowest BCUT2D eigenvalue weighted by molar-refractivity contribution is 0.404. The lowest BCUT2D eigenvalue weighted by Gasteiger charge is -2.37. The molecular weight excluding hydrogens is 452 g/mol. The second-order valence-corrected chi connectivity index (χ2v) is 8.72. The third kappa shape index (κ3) is 4.15. The first-order chi connectivity index (χ1) is 16.0. The van der Waals surface area contributed by atoms with E-state index in [1.807, 2.05) is 66.4 Å². The molecule has 0 bridgehead atoms. The number of hydrogen-bond donors (Lipinski definition) is 1. The van der Waals surface area contributed by atoms with E-state index >= 15 is 0 Å². The Morgan fingerprint density at radius 3 is 2.52 bits per heavy atom. The number of rotatable bonds is 4. The molecule has 1 aliphatic rings. The molecule has 1 unspecified atom stereocenters. The van der Waals surface area contributed by atoms with E-state index in [0.29, 0.717) is 21.9 Å². The van der Waals surface area contributed by atoms with Gasteiger partial charge in [-0.25, -0.2) is 0 Å². The molecule has 1 aliphatic heterocycles. The maximum absolute atomic E-state index is 6.17. The molecule has 1 aromatic heterocycles. The van der Waals surface area contributed by atoms with Crippen molar-refractivity contribution in [2.24, 2.45) is 0 Å². The van der Waals surface area contributed by atoms with Crippen molar-refractivity contribution in [2.45, 2.75) is 19.9 Å². The van der Waals surface area contributed by atoms with E-state index in [1.165, 1.54) is 0 Å². The van der Waals surface area contributed by atoms with Gasteiger partial charge in [0.1, 0.15) is 0 Å². The molecule has 1 atom stereocenters. The first kappa shape index (κ1) is 21.4. The minimum atomic E-state index is -0.229. The number of thiocarbonyl (C=S) groups is 1. The first-order valence-electron chi connectivity index (χ1n) is 10.5. The number of anilines is 1. The van der Waals surface area contributed by atoms with Crippen molar-refractivity contribution in [1.82, 2.24) is 15.5 Å². The summed E-state index contributed by atoms with van der Waals surface area (Å²) >= 11 is 12.0. The van der Waals surface area contributed by atoms with E-state index in [0.717, 1.165) is 33.6 Å². The Bertz CT molecular complexity index is 1370. The minimum Gasteiger partial charge on any atom is -0.351 e. The van der Waals surface area contributed by atoms with Crippen molar-refractivity contribution in [3.63, 3.8) is 0 Å². The zero-order valence-electron chi connectivity index (χ0n) is 18.1. The van der Waals surface area contributed by atoms with Crippen LogP contribution in [0.25, 0.3) is 17.0 Å². The highest BCUT2D eigenvalue weighted by atomic mass is 35.5. The van der Waals surface area contributed by atoms with Crippen LogP contribution in [-0.4, -0.2) is 15.3 Å². The molecule has 4 aromatic rings. The molecule has 3 aromatic carbocycles. The lowest BCUT2D eigenvalue weighted by atomic mass is 9.94. The van der Waals surface area contributed by atoms with Crippen molar-refractivity contribution in [1.29, 1.82) is 0 Å². The highest BCUT2D eigenvalue weighted by Crippen LogP contribution is 2.39. The van der Waals surface area contributed by atoms with Crippen molar-refractivity contribution >= 4 is 40.2 Å². The van der Waals surface area contributed by atoms with Gasteiger partial charge >= 0.3 is 0 Å². The molecule has 5 rings (SSSR count). The predicted molar refractivity (Wildman–Crippen MR) is 136 cm³/mol. The highest BCUT2D eigenvalue weighted by molar-refractivity contribution is 7.80. The molecule has 0 amide bonds. The number of benzene rings is 3. The van der Waals surface area contributed by atoms with Crippen LogP contribution in [0.5, 0.6) is 0 Å². The molecule has 0 fully saturated rings. The Balaban J connectivity index is 1.66. The van der Waals surface area contributed by atoms with Gasteiger partial charge in [0, 0.05) is 22.0 Å². The van der Waals surface area contributed by atoms with Gasteiger partial charge in [0.25, 0.3) is 5.89 Å². The van der Waals surface area contributed by atoms with Crippen LogP contribution in [-0.2, 0) is 0 Å². The van der Waals surface area contributed by atoms with Crippen LogP contribution in [0.1, 0.15) is 30.0 Å². The van der Waals surface area contributed by atoms with E-state index in [2.05, 4.69) is 41.7 Å². The molecule has 5 nitrogen and oxygen atoms in total. The summed E-state index contributed by atoms with van der Waals surface area (Å²) in [6.45, 7) is 4.09. The number of halogens is 1. The first-order valence-corrected chi connectivity index (χ1v) is 11.3. The maximum atomic E-state index is 6.17. The molecule has 2 heterocycles. The Morgan fingerprint density at radius 2 is 1.76 bits per heavy atom. The summed E-state index contributed by atoms with van der Waals surface area (Å²) in [5, 5.41) is 8.96. The Labute approximate surface area is 202 Å². The van der Waals surface area contributed by atoms with Gasteiger partial charge in [-0.15, -0.1) is 0 Å². The SMILES string of the molecule is CC1=C(c2nc(-c3cccc(Cl)c3)no2)C(c2ccccc2)NC(=S)N1c1cccc(C)c1. The Hall–Kier alpha value is -3.48. The molecule has 0 spiro atoms. The summed E-state index contributed by atoms with van der Waals surface area (Å²) in [6, 6.07) is 25.5. The normalized spacial score (nSPS) is 16.2. The van der Waals surface area contributed by atoms with Gasteiger partial charge in [-0.3, -0.25) is 4.90 Å². The maximum Gasteiger partial charge on any atom is 0.258 e. The fourth-order valence-electron chi connectivity index (χ4n) is 4.07. The second kappa shape index (κ2) is 8.81. The van der Waals surface area contributed by atoms with E-state index in [4.69, 9.17) is 33.3 Å². The zero-order valence-corrected chi connectivity index (χ0v) is 19.7. The molecule has 33 heavy (non-hydrogen) atoms. The van der Waals surface area contributed by atoms with Gasteiger partial charge in [0.15, 0.2) is 5.11 Å². The van der Waals surface area contributed by atoms with Crippen molar-refractivity contribution in [3.8, 4) is 11.4 Å².